The predicted octanol–water partition coefficient (Wildman–Crippen LogP) is 2.58. The van der Waals surface area contributed by atoms with Crippen molar-refractivity contribution in [2.24, 2.45) is 5.10 Å². The molecule has 0 spiro atoms. The Labute approximate surface area is 73.3 Å². The number of hydrogen-bond acceptors (Lipinski definition) is 2. The van der Waals surface area contributed by atoms with Crippen molar-refractivity contribution in [3.05, 3.63) is 29.3 Å². The minimum Gasteiger partial charge on any atom is -0.279 e. The van der Waals surface area contributed by atoms with E-state index in [1.807, 2.05) is 6.07 Å². The van der Waals surface area contributed by atoms with Gasteiger partial charge in [-0.15, -0.1) is 0 Å². The van der Waals surface area contributed by atoms with E-state index < -0.39 is 0 Å². The summed E-state index contributed by atoms with van der Waals surface area (Å²) in [5.41, 5.74) is 6.48. The number of benzene rings is 1. The van der Waals surface area contributed by atoms with Crippen LogP contribution in [-0.2, 0) is 6.42 Å². The van der Waals surface area contributed by atoms with E-state index in [0.29, 0.717) is 0 Å². The second kappa shape index (κ2) is 3.90. The molecule has 0 aliphatic heterocycles. The molecule has 2 nitrogen and oxygen atoms in total. The first-order valence-corrected chi connectivity index (χ1v) is 4.09. The summed E-state index contributed by atoms with van der Waals surface area (Å²) >= 11 is 0. The molecule has 0 heterocycles. The van der Waals surface area contributed by atoms with Crippen LogP contribution in [0.4, 0.5) is 5.69 Å². The van der Waals surface area contributed by atoms with Crippen molar-refractivity contribution < 1.29 is 0 Å². The molecule has 1 aromatic rings. The first kappa shape index (κ1) is 8.78. The van der Waals surface area contributed by atoms with Crippen LogP contribution >= 0.6 is 0 Å². The molecule has 12 heavy (non-hydrogen) atoms. The smallest absolute Gasteiger partial charge is 0.0593 e. The lowest BCUT2D eigenvalue weighted by molar-refractivity contribution is 1.12. The Morgan fingerprint density at radius 2 is 2.25 bits per heavy atom. The topological polar surface area (TPSA) is 24.4 Å². The zero-order valence-electron chi connectivity index (χ0n) is 7.59. The molecule has 0 aliphatic rings. The number of anilines is 1. The highest BCUT2D eigenvalue weighted by Crippen LogP contribution is 2.17. The van der Waals surface area contributed by atoms with E-state index in [1.54, 1.807) is 0 Å². The van der Waals surface area contributed by atoms with Gasteiger partial charge in [0, 0.05) is 6.72 Å². The molecule has 0 saturated heterocycles. The lowest BCUT2D eigenvalue weighted by atomic mass is 10.1. The third-order valence-electron chi connectivity index (χ3n) is 1.84. The minimum atomic E-state index is 1.01. The molecule has 1 aromatic carbocycles. The van der Waals surface area contributed by atoms with Crippen molar-refractivity contribution in [2.75, 3.05) is 5.43 Å². The van der Waals surface area contributed by atoms with Crippen LogP contribution in [0.3, 0.4) is 0 Å². The fourth-order valence-corrected chi connectivity index (χ4v) is 1.21. The van der Waals surface area contributed by atoms with Gasteiger partial charge in [0.15, 0.2) is 0 Å². The van der Waals surface area contributed by atoms with Gasteiger partial charge in [0.05, 0.1) is 5.69 Å². The Hall–Kier alpha value is -1.31. The molecule has 64 valence electrons. The van der Waals surface area contributed by atoms with Gasteiger partial charge < -0.3 is 0 Å². The van der Waals surface area contributed by atoms with E-state index >= 15 is 0 Å². The van der Waals surface area contributed by atoms with Gasteiger partial charge in [-0.1, -0.05) is 24.6 Å². The summed E-state index contributed by atoms with van der Waals surface area (Å²) in [4.78, 5) is 0. The molecule has 0 aromatic heterocycles. The normalized spacial score (nSPS) is 9.50. The summed E-state index contributed by atoms with van der Waals surface area (Å²) in [7, 11) is 0. The average Bonchev–Trinajstić information content (AvgIpc) is 2.08. The van der Waals surface area contributed by atoms with E-state index in [2.05, 4.69) is 43.2 Å². The zero-order chi connectivity index (χ0) is 8.97. The molecule has 0 saturated carbocycles. The largest absolute Gasteiger partial charge is 0.279 e. The molecule has 2 heteroatoms. The summed E-state index contributed by atoms with van der Waals surface area (Å²) in [6.45, 7) is 7.61. The van der Waals surface area contributed by atoms with Crippen LogP contribution in [0.15, 0.2) is 23.3 Å². The number of nitrogens with one attached hydrogen (secondary N) is 1. The van der Waals surface area contributed by atoms with Crippen molar-refractivity contribution in [2.45, 2.75) is 20.3 Å². The van der Waals surface area contributed by atoms with E-state index in [4.69, 9.17) is 0 Å². The lowest BCUT2D eigenvalue weighted by Gasteiger charge is -2.06. The molecular formula is C10H14N2. The maximum absolute atomic E-state index is 3.64. The molecule has 1 N–H and O–H groups in total. The zero-order valence-corrected chi connectivity index (χ0v) is 7.59. The van der Waals surface area contributed by atoms with Gasteiger partial charge in [-0.25, -0.2) is 0 Å². The predicted molar refractivity (Wildman–Crippen MR) is 53.7 cm³/mol. The number of rotatable bonds is 3. The molecule has 0 radical (unpaired) electrons. The van der Waals surface area contributed by atoms with E-state index in [-0.39, 0.29) is 0 Å². The Balaban J connectivity index is 3.01. The highest BCUT2D eigenvalue weighted by molar-refractivity contribution is 5.53. The fraction of sp³-hybridized carbons (Fsp3) is 0.300. The Morgan fingerprint density at radius 3 is 2.83 bits per heavy atom. The summed E-state index contributed by atoms with van der Waals surface area (Å²) in [5.74, 6) is 0. The molecule has 0 atom stereocenters. The summed E-state index contributed by atoms with van der Waals surface area (Å²) in [5, 5.41) is 3.64. The molecule has 0 unspecified atom stereocenters. The molecular weight excluding hydrogens is 148 g/mol. The molecule has 0 bridgehead atoms. The molecule has 0 aliphatic carbocycles. The van der Waals surface area contributed by atoms with Crippen LogP contribution in [0.1, 0.15) is 18.1 Å². The first-order chi connectivity index (χ1) is 5.77. The van der Waals surface area contributed by atoms with Gasteiger partial charge in [-0.05, 0) is 25.0 Å². The minimum absolute atomic E-state index is 1.01. The van der Waals surface area contributed by atoms with Crippen LogP contribution in [0.5, 0.6) is 0 Å². The average molecular weight is 162 g/mol. The van der Waals surface area contributed by atoms with Crippen molar-refractivity contribution in [1.82, 2.24) is 0 Å². The van der Waals surface area contributed by atoms with E-state index in [0.717, 1.165) is 12.1 Å². The standard InChI is InChI=1S/C10H14N2/c1-4-9-7-8(2)5-6-10(9)12-11-3/h5-7,12H,3-4H2,1-2H3. The number of hydrazone groups is 1. The number of nitrogens with zero attached hydrogens (tertiary/aromatic N) is 1. The first-order valence-electron chi connectivity index (χ1n) is 4.09. The van der Waals surface area contributed by atoms with Gasteiger partial charge in [0.1, 0.15) is 0 Å². The third-order valence-corrected chi connectivity index (χ3v) is 1.84. The second-order valence-electron chi connectivity index (χ2n) is 2.78. The summed E-state index contributed by atoms with van der Waals surface area (Å²) in [6, 6.07) is 6.25. The van der Waals surface area contributed by atoms with Crippen molar-refractivity contribution >= 4 is 12.4 Å². The molecule has 1 rings (SSSR count). The maximum atomic E-state index is 3.64. The highest BCUT2D eigenvalue weighted by atomic mass is 15.3. The summed E-state index contributed by atoms with van der Waals surface area (Å²) in [6.07, 6.45) is 1.01. The third kappa shape index (κ3) is 1.84. The highest BCUT2D eigenvalue weighted by Gasteiger charge is 1.98. The van der Waals surface area contributed by atoms with E-state index in [1.165, 1.54) is 11.1 Å². The van der Waals surface area contributed by atoms with Crippen LogP contribution in [0, 0.1) is 6.92 Å². The fourth-order valence-electron chi connectivity index (χ4n) is 1.21. The number of hydrogen-bond donors (Lipinski definition) is 1. The van der Waals surface area contributed by atoms with Crippen molar-refractivity contribution in [1.29, 1.82) is 0 Å². The van der Waals surface area contributed by atoms with Gasteiger partial charge in [-0.2, -0.15) is 5.10 Å². The SMILES string of the molecule is C=NNc1ccc(C)cc1CC. The second-order valence-corrected chi connectivity index (χ2v) is 2.78. The monoisotopic (exact) mass is 162 g/mol. The van der Waals surface area contributed by atoms with Gasteiger partial charge in [-0.3, -0.25) is 5.43 Å². The molecule has 0 fully saturated rings. The number of aryl methyl sites for hydroxylation is 2. The Morgan fingerprint density at radius 1 is 1.50 bits per heavy atom. The van der Waals surface area contributed by atoms with Gasteiger partial charge in [0.25, 0.3) is 0 Å². The van der Waals surface area contributed by atoms with Crippen LogP contribution in [0.2, 0.25) is 0 Å². The van der Waals surface area contributed by atoms with Gasteiger partial charge >= 0.3 is 0 Å². The van der Waals surface area contributed by atoms with Crippen LogP contribution < -0.4 is 5.43 Å². The van der Waals surface area contributed by atoms with Crippen LogP contribution in [0.25, 0.3) is 0 Å². The van der Waals surface area contributed by atoms with Crippen LogP contribution in [-0.4, -0.2) is 6.72 Å². The van der Waals surface area contributed by atoms with Gasteiger partial charge in [0.2, 0.25) is 0 Å². The summed E-state index contributed by atoms with van der Waals surface area (Å²) < 4.78 is 0. The maximum Gasteiger partial charge on any atom is 0.0593 e. The lowest BCUT2D eigenvalue weighted by Crippen LogP contribution is -1.93. The Bertz CT molecular complexity index is 279. The van der Waals surface area contributed by atoms with E-state index in [9.17, 15) is 0 Å². The quantitative estimate of drug-likeness (QED) is 0.536. The Kier molecular flexibility index (Phi) is 2.86. The van der Waals surface area contributed by atoms with Crippen molar-refractivity contribution in [3.8, 4) is 0 Å². The van der Waals surface area contributed by atoms with Crippen molar-refractivity contribution in [3.63, 3.8) is 0 Å². The molecule has 0 amide bonds.